The summed E-state index contributed by atoms with van der Waals surface area (Å²) in [5.74, 6) is -1.58. The van der Waals surface area contributed by atoms with Crippen LogP contribution in [0.2, 0.25) is 0 Å². The van der Waals surface area contributed by atoms with E-state index in [1.54, 1.807) is 0 Å². The quantitative estimate of drug-likeness (QED) is 0.0146. The Morgan fingerprint density at radius 1 is 0.266 bits per heavy atom. The zero-order chi connectivity index (χ0) is 79.4. The van der Waals surface area contributed by atoms with E-state index in [-0.39, 0.29) is 19.3 Å². The van der Waals surface area contributed by atoms with Gasteiger partial charge in [0.2, 0.25) is 0 Å². The molecular formula is C91H158O16P2. The zero-order valence-electron chi connectivity index (χ0n) is 68.9. The SMILES string of the molecule is CC/C=C\C/C=C\C/C=C\C/C=C\C/C=C\C/C=C\CCCCCCCCCCCCCCCCC(=O)OCC(O)COP(=O)(O)OCC(O)COP(=O)(O)OCC(COC(=O)CCCCCCCCCCC/C=C\C/C=C\C/C=C\C/C=C\CCCCC)OC(=O)CCCCCCC/C=C\CCCCCCCC. The molecule has 4 N–H and O–H groups in total. The van der Waals surface area contributed by atoms with Crippen molar-refractivity contribution in [2.75, 3.05) is 39.6 Å². The third-order valence-corrected chi connectivity index (χ3v) is 20.2. The van der Waals surface area contributed by atoms with Crippen LogP contribution in [0.4, 0.5) is 0 Å². The highest BCUT2D eigenvalue weighted by atomic mass is 31.2. The molecule has 18 heteroatoms. The van der Waals surface area contributed by atoms with Gasteiger partial charge in [-0.2, -0.15) is 0 Å². The van der Waals surface area contributed by atoms with E-state index in [4.69, 9.17) is 32.3 Å². The Kier molecular flexibility index (Phi) is 79.8. The van der Waals surface area contributed by atoms with E-state index in [0.29, 0.717) is 19.3 Å². The molecule has 109 heavy (non-hydrogen) atoms. The number of carbonyl (C=O) groups is 3. The Morgan fingerprint density at radius 2 is 0.486 bits per heavy atom. The number of carbonyl (C=O) groups excluding carboxylic acids is 3. The van der Waals surface area contributed by atoms with E-state index in [2.05, 4.69) is 154 Å². The fourth-order valence-electron chi connectivity index (χ4n) is 11.7. The first kappa shape index (κ1) is 105. The number of hydrogen-bond donors (Lipinski definition) is 4. The Bertz CT molecular complexity index is 2510. The molecule has 0 aromatic rings. The minimum atomic E-state index is -4.94. The van der Waals surface area contributed by atoms with Crippen molar-refractivity contribution in [2.45, 2.75) is 386 Å². The molecule has 0 saturated carbocycles. The second-order valence-corrected chi connectivity index (χ2v) is 31.9. The molecule has 0 saturated heterocycles. The van der Waals surface area contributed by atoms with Crippen LogP contribution in [-0.4, -0.2) is 95.9 Å². The van der Waals surface area contributed by atoms with Crippen LogP contribution in [-0.2, 0) is 55.8 Å². The average Bonchev–Trinajstić information content (AvgIpc) is 0.903. The lowest BCUT2D eigenvalue weighted by atomic mass is 10.0. The first-order valence-corrected chi connectivity index (χ1v) is 46.5. The Morgan fingerprint density at radius 3 is 0.798 bits per heavy atom. The number of ether oxygens (including phenoxy) is 3. The van der Waals surface area contributed by atoms with Gasteiger partial charge < -0.3 is 34.2 Å². The summed E-state index contributed by atoms with van der Waals surface area (Å²) in [7, 11) is -9.80. The van der Waals surface area contributed by atoms with Crippen LogP contribution < -0.4 is 0 Å². The molecule has 0 rings (SSSR count). The number of esters is 3. The number of phosphoric ester groups is 2. The molecule has 0 aromatic heterocycles. The number of hydrogen-bond acceptors (Lipinski definition) is 14. The average molecular weight is 1570 g/mol. The molecule has 0 fully saturated rings. The lowest BCUT2D eigenvalue weighted by Crippen LogP contribution is -2.30. The summed E-state index contributed by atoms with van der Waals surface area (Å²) in [6.45, 7) is 2.56. The molecule has 0 amide bonds. The summed E-state index contributed by atoms with van der Waals surface area (Å²) >= 11 is 0. The van der Waals surface area contributed by atoms with Crippen LogP contribution in [0.15, 0.2) is 134 Å². The van der Waals surface area contributed by atoms with Gasteiger partial charge in [0, 0.05) is 19.3 Å². The van der Waals surface area contributed by atoms with Crippen molar-refractivity contribution in [2.24, 2.45) is 0 Å². The van der Waals surface area contributed by atoms with Crippen LogP contribution in [0.25, 0.3) is 0 Å². The molecule has 0 radical (unpaired) electrons. The maximum Gasteiger partial charge on any atom is 0.472 e. The highest BCUT2D eigenvalue weighted by molar-refractivity contribution is 7.47. The van der Waals surface area contributed by atoms with Gasteiger partial charge in [0.1, 0.15) is 25.4 Å². The maximum atomic E-state index is 13.0. The number of aliphatic hydroxyl groups is 2. The van der Waals surface area contributed by atoms with Crippen LogP contribution in [0.1, 0.15) is 367 Å². The molecule has 0 aliphatic rings. The lowest BCUT2D eigenvalue weighted by Gasteiger charge is -2.21. The van der Waals surface area contributed by atoms with E-state index >= 15 is 0 Å². The van der Waals surface area contributed by atoms with Crippen LogP contribution in [0.3, 0.4) is 0 Å². The van der Waals surface area contributed by atoms with Crippen molar-refractivity contribution in [3.63, 3.8) is 0 Å². The van der Waals surface area contributed by atoms with Crippen LogP contribution in [0.5, 0.6) is 0 Å². The van der Waals surface area contributed by atoms with Crippen molar-refractivity contribution < 1.29 is 75.8 Å². The molecule has 0 aliphatic carbocycles. The molecule has 5 unspecified atom stereocenters. The number of allylic oxidation sites excluding steroid dienone is 22. The van der Waals surface area contributed by atoms with Crippen LogP contribution >= 0.6 is 15.6 Å². The molecule has 628 valence electrons. The summed E-state index contributed by atoms with van der Waals surface area (Å²) < 4.78 is 61.3. The van der Waals surface area contributed by atoms with E-state index in [9.17, 15) is 43.5 Å². The number of unbranched alkanes of at least 4 members (excludes halogenated alkanes) is 37. The number of aliphatic hydroxyl groups excluding tert-OH is 2. The zero-order valence-corrected chi connectivity index (χ0v) is 70.7. The highest BCUT2D eigenvalue weighted by Crippen LogP contribution is 2.45. The largest absolute Gasteiger partial charge is 0.472 e. The standard InChI is InChI=1S/C91H158O16P2/c1-4-7-10-13-16-19-22-25-28-30-32-34-36-38-39-40-41-42-43-44-45-47-49-50-52-54-57-59-62-65-68-71-74-77-89(94)101-80-86(92)81-103-108(97,98)104-82-87(93)83-105-109(99,100)106-85-88(107-91(96)79-76-73-70-67-64-61-56-27-24-21-18-15-12-9-6-3)84-102-90(95)78-75-72-69-66-63-60-58-55-53-51-48-46-37-35-33-31-29-26-23-20-17-14-11-8-5-2/h7,10,16-17,19-20,25-29,32-35,38-39,41-42,46,48,56,86-88,92-93H,4-6,8-9,11-15,18,21-24,30-31,36-37,40,43-45,47,49-55,57-85H2,1-3H3,(H,97,98)(H,99,100)/b10-7-,19-16-,20-17-,28-25-,29-26-,34-32-,35-33-,39-38-,42-41-,48-46-,56-27-. The summed E-state index contributed by atoms with van der Waals surface area (Å²) in [5.41, 5.74) is 0. The molecule has 0 heterocycles. The first-order chi connectivity index (χ1) is 53.2. The van der Waals surface area contributed by atoms with Gasteiger partial charge in [-0.25, -0.2) is 9.13 Å². The molecule has 0 aliphatic heterocycles. The van der Waals surface area contributed by atoms with Gasteiger partial charge in [0.05, 0.1) is 26.4 Å². The van der Waals surface area contributed by atoms with Crippen molar-refractivity contribution in [1.82, 2.24) is 0 Å². The lowest BCUT2D eigenvalue weighted by molar-refractivity contribution is -0.161. The van der Waals surface area contributed by atoms with Gasteiger partial charge >= 0.3 is 33.6 Å². The van der Waals surface area contributed by atoms with Crippen molar-refractivity contribution >= 4 is 33.6 Å². The van der Waals surface area contributed by atoms with Gasteiger partial charge in [-0.05, 0) is 141 Å². The Balaban J connectivity index is 4.48. The molecule has 5 atom stereocenters. The first-order valence-electron chi connectivity index (χ1n) is 43.5. The molecule has 0 spiro atoms. The van der Waals surface area contributed by atoms with Crippen molar-refractivity contribution in [3.05, 3.63) is 134 Å². The van der Waals surface area contributed by atoms with Gasteiger partial charge in [-0.15, -0.1) is 0 Å². The van der Waals surface area contributed by atoms with Crippen molar-refractivity contribution in [1.29, 1.82) is 0 Å². The summed E-state index contributed by atoms with van der Waals surface area (Å²) in [5, 5.41) is 20.7. The monoisotopic (exact) mass is 1570 g/mol. The summed E-state index contributed by atoms with van der Waals surface area (Å²) in [6, 6.07) is 0. The summed E-state index contributed by atoms with van der Waals surface area (Å²) in [4.78, 5) is 58.8. The normalized spacial score (nSPS) is 14.5. The van der Waals surface area contributed by atoms with Gasteiger partial charge in [-0.1, -0.05) is 341 Å². The predicted octanol–water partition coefficient (Wildman–Crippen LogP) is 26.2. The molecule has 16 nitrogen and oxygen atoms in total. The second-order valence-electron chi connectivity index (χ2n) is 29.0. The van der Waals surface area contributed by atoms with Crippen molar-refractivity contribution in [3.8, 4) is 0 Å². The highest BCUT2D eigenvalue weighted by Gasteiger charge is 2.29. The van der Waals surface area contributed by atoms with Crippen LogP contribution in [0, 0.1) is 0 Å². The topological polar surface area (TPSA) is 231 Å². The number of phosphoric acid groups is 2. The predicted molar refractivity (Wildman–Crippen MR) is 454 cm³/mol. The van der Waals surface area contributed by atoms with E-state index < -0.39 is 91.5 Å². The molecule has 0 bridgehead atoms. The van der Waals surface area contributed by atoms with E-state index in [0.717, 1.165) is 154 Å². The molecule has 0 aromatic carbocycles. The van der Waals surface area contributed by atoms with E-state index in [1.165, 1.54) is 154 Å². The summed E-state index contributed by atoms with van der Waals surface area (Å²) in [6.07, 6.45) is 102. The van der Waals surface area contributed by atoms with Gasteiger partial charge in [0.15, 0.2) is 6.10 Å². The minimum Gasteiger partial charge on any atom is -0.463 e. The van der Waals surface area contributed by atoms with Gasteiger partial charge in [-0.3, -0.25) is 32.5 Å². The Labute approximate surface area is 665 Å². The fraction of sp³-hybridized carbons (Fsp3) is 0.725. The third kappa shape index (κ3) is 84.4. The minimum absolute atomic E-state index is 0.0929. The maximum absolute atomic E-state index is 13.0. The second kappa shape index (κ2) is 83.1. The smallest absolute Gasteiger partial charge is 0.463 e. The Hall–Kier alpha value is -4.31. The number of rotatable bonds is 82. The third-order valence-electron chi connectivity index (χ3n) is 18.3. The van der Waals surface area contributed by atoms with E-state index in [1.807, 2.05) is 0 Å². The fourth-order valence-corrected chi connectivity index (χ4v) is 13.3. The van der Waals surface area contributed by atoms with Gasteiger partial charge in [0.25, 0.3) is 0 Å². The molecular weight excluding hydrogens is 1410 g/mol.